The van der Waals surface area contributed by atoms with Crippen LogP contribution < -0.4 is 4.90 Å². The zero-order valence-corrected chi connectivity index (χ0v) is 22.2. The third kappa shape index (κ3) is 3.94. The number of nitrogens with zero attached hydrogens (tertiary/aromatic N) is 2. The molecule has 6 rings (SSSR count). The van der Waals surface area contributed by atoms with Crippen molar-refractivity contribution in [1.82, 2.24) is 4.90 Å². The Kier molecular flexibility index (Phi) is 6.13. The molecule has 188 valence electrons. The summed E-state index contributed by atoms with van der Waals surface area (Å²) in [6.45, 7) is 0. The molecule has 3 aliphatic heterocycles. The van der Waals surface area contributed by atoms with Gasteiger partial charge in [0.05, 0.1) is 23.6 Å². The van der Waals surface area contributed by atoms with Crippen molar-refractivity contribution < 1.29 is 19.2 Å². The summed E-state index contributed by atoms with van der Waals surface area (Å²) < 4.78 is 0.812. The molecule has 8 heteroatoms. The number of carbonyl (C=O) groups is 4. The molecule has 38 heavy (non-hydrogen) atoms. The monoisotopic (exact) mass is 586 g/mol. The van der Waals surface area contributed by atoms with Crippen LogP contribution >= 0.6 is 27.5 Å². The second-order valence-corrected chi connectivity index (χ2v) is 10.8. The van der Waals surface area contributed by atoms with Gasteiger partial charge in [0.2, 0.25) is 11.8 Å². The molecule has 3 aliphatic rings. The largest absolute Gasteiger partial charge is 0.359 e. The van der Waals surface area contributed by atoms with Gasteiger partial charge in [-0.15, -0.1) is 0 Å². The molecule has 0 radical (unpaired) electrons. The van der Waals surface area contributed by atoms with E-state index >= 15 is 0 Å². The van der Waals surface area contributed by atoms with Crippen molar-refractivity contribution in [1.29, 1.82) is 0 Å². The van der Waals surface area contributed by atoms with E-state index < -0.39 is 29.8 Å². The molecule has 0 saturated carbocycles. The summed E-state index contributed by atoms with van der Waals surface area (Å²) in [5.41, 5.74) is 1.77. The highest BCUT2D eigenvalue weighted by molar-refractivity contribution is 9.10. The molecule has 6 nitrogen and oxygen atoms in total. The lowest BCUT2D eigenvalue weighted by atomic mass is 9.85. The number of halogens is 2. The van der Waals surface area contributed by atoms with Crippen molar-refractivity contribution in [2.24, 2.45) is 11.8 Å². The third-order valence-corrected chi connectivity index (χ3v) is 8.11. The van der Waals surface area contributed by atoms with Gasteiger partial charge in [0.1, 0.15) is 6.04 Å². The lowest BCUT2D eigenvalue weighted by molar-refractivity contribution is -0.123. The Labute approximate surface area is 232 Å². The first-order valence-electron chi connectivity index (χ1n) is 12.1. The molecule has 3 aromatic rings. The Morgan fingerprint density at radius 2 is 1.45 bits per heavy atom. The molecule has 2 saturated heterocycles. The number of fused-ring (bicyclic) bond motifs is 3. The molecule has 0 spiro atoms. The first kappa shape index (κ1) is 24.5. The number of benzene rings is 3. The molecular formula is C30H20BrClN2O4. The van der Waals surface area contributed by atoms with Crippen LogP contribution in [0, 0.1) is 11.8 Å². The van der Waals surface area contributed by atoms with Crippen LogP contribution in [-0.2, 0) is 9.59 Å². The zero-order chi connectivity index (χ0) is 26.6. The molecule has 0 N–H and O–H groups in total. The van der Waals surface area contributed by atoms with Crippen LogP contribution in [0.4, 0.5) is 5.69 Å². The molecule has 3 aromatic carbocycles. The summed E-state index contributed by atoms with van der Waals surface area (Å²) in [6.07, 6.45) is 5.04. The predicted octanol–water partition coefficient (Wildman–Crippen LogP) is 5.48. The predicted molar refractivity (Wildman–Crippen MR) is 147 cm³/mol. The minimum absolute atomic E-state index is 0.188. The number of hydrogen-bond acceptors (Lipinski definition) is 5. The van der Waals surface area contributed by atoms with E-state index in [4.69, 9.17) is 11.6 Å². The number of Topliss-reactive ketones (excluding diaryl/α,β-unsaturated/α-hetero) is 2. The van der Waals surface area contributed by atoms with Crippen LogP contribution in [0.15, 0.2) is 107 Å². The third-order valence-electron chi connectivity index (χ3n) is 7.33. The maximum atomic E-state index is 13.8. The van der Waals surface area contributed by atoms with Gasteiger partial charge in [-0.1, -0.05) is 63.9 Å². The summed E-state index contributed by atoms with van der Waals surface area (Å²) in [5, 5.41) is 0.488. The quantitative estimate of drug-likeness (QED) is 0.292. The average Bonchev–Trinajstić information content (AvgIpc) is 3.41. The summed E-state index contributed by atoms with van der Waals surface area (Å²) in [6, 6.07) is 20.7. The van der Waals surface area contributed by atoms with Gasteiger partial charge in [-0.3, -0.25) is 19.2 Å². The van der Waals surface area contributed by atoms with Crippen LogP contribution in [0.25, 0.3) is 0 Å². The van der Waals surface area contributed by atoms with Crippen molar-refractivity contribution in [2.75, 3.05) is 4.90 Å². The number of hydrogen-bond donors (Lipinski definition) is 0. The molecule has 2 amide bonds. The lowest BCUT2D eigenvalue weighted by Gasteiger charge is -2.32. The van der Waals surface area contributed by atoms with Gasteiger partial charge >= 0.3 is 0 Å². The maximum Gasteiger partial charge on any atom is 0.240 e. The van der Waals surface area contributed by atoms with Gasteiger partial charge in [-0.2, -0.15) is 0 Å². The number of rotatable bonds is 5. The Hall–Kier alpha value is -3.81. The van der Waals surface area contributed by atoms with Crippen LogP contribution in [-0.4, -0.2) is 40.4 Å². The Morgan fingerprint density at radius 3 is 2.13 bits per heavy atom. The number of carbonyl (C=O) groups excluding carboxylic acids is 4. The van der Waals surface area contributed by atoms with Crippen molar-refractivity contribution in [3.05, 3.63) is 123 Å². The first-order valence-corrected chi connectivity index (χ1v) is 13.2. The van der Waals surface area contributed by atoms with E-state index in [0.29, 0.717) is 27.4 Å². The van der Waals surface area contributed by atoms with E-state index in [2.05, 4.69) is 15.9 Å². The van der Waals surface area contributed by atoms with Crippen LogP contribution in [0.5, 0.6) is 0 Å². The van der Waals surface area contributed by atoms with Gasteiger partial charge in [0.15, 0.2) is 11.6 Å². The molecule has 0 unspecified atom stereocenters. The highest BCUT2D eigenvalue weighted by Crippen LogP contribution is 2.47. The summed E-state index contributed by atoms with van der Waals surface area (Å²) in [7, 11) is 0. The molecule has 3 heterocycles. The van der Waals surface area contributed by atoms with Crippen molar-refractivity contribution >= 4 is 56.6 Å². The SMILES string of the molecule is O=C(C1=C[C@H]2[C@@H]3C(=O)N(c4ccc(Br)cc4)C(=O)[C@@H]3[C@H](C(=O)c3ccc(Cl)cc3)N2C=C1)c1ccccc1. The molecular weight excluding hydrogens is 568 g/mol. The second-order valence-electron chi connectivity index (χ2n) is 9.43. The maximum absolute atomic E-state index is 13.8. The average molecular weight is 588 g/mol. The summed E-state index contributed by atoms with van der Waals surface area (Å²) in [5.74, 6) is -3.02. The zero-order valence-electron chi connectivity index (χ0n) is 19.8. The fraction of sp³-hybridized carbons (Fsp3) is 0.133. The normalized spacial score (nSPS) is 23.8. The van der Waals surface area contributed by atoms with Crippen LogP contribution in [0.2, 0.25) is 5.02 Å². The van der Waals surface area contributed by atoms with Crippen LogP contribution in [0.3, 0.4) is 0 Å². The van der Waals surface area contributed by atoms with Gasteiger partial charge in [0.25, 0.3) is 0 Å². The summed E-state index contributed by atoms with van der Waals surface area (Å²) >= 11 is 9.41. The molecule has 0 aliphatic carbocycles. The smallest absolute Gasteiger partial charge is 0.240 e. The Balaban J connectivity index is 1.43. The molecule has 0 bridgehead atoms. The highest BCUT2D eigenvalue weighted by Gasteiger charge is 2.63. The Morgan fingerprint density at radius 1 is 0.789 bits per heavy atom. The topological polar surface area (TPSA) is 74.8 Å². The van der Waals surface area contributed by atoms with E-state index in [-0.39, 0.29) is 17.5 Å². The first-order chi connectivity index (χ1) is 18.3. The second kappa shape index (κ2) is 9.49. The number of amides is 2. The molecule has 4 atom stereocenters. The lowest BCUT2D eigenvalue weighted by Crippen LogP contribution is -2.46. The molecule has 0 aromatic heterocycles. The van der Waals surface area contributed by atoms with Crippen LogP contribution in [0.1, 0.15) is 20.7 Å². The van der Waals surface area contributed by atoms with Gasteiger partial charge in [0, 0.05) is 32.4 Å². The van der Waals surface area contributed by atoms with Crippen molar-refractivity contribution in [2.45, 2.75) is 12.1 Å². The Bertz CT molecular complexity index is 1530. The van der Waals surface area contributed by atoms with Crippen molar-refractivity contribution in [3.8, 4) is 0 Å². The van der Waals surface area contributed by atoms with E-state index in [9.17, 15) is 19.2 Å². The minimum atomic E-state index is -0.913. The number of anilines is 1. The van der Waals surface area contributed by atoms with E-state index in [0.717, 1.165) is 4.47 Å². The fourth-order valence-electron chi connectivity index (χ4n) is 5.58. The number of ketones is 2. The van der Waals surface area contributed by atoms with E-state index in [1.165, 1.54) is 4.90 Å². The number of imide groups is 1. The van der Waals surface area contributed by atoms with Gasteiger partial charge < -0.3 is 4.90 Å². The minimum Gasteiger partial charge on any atom is -0.359 e. The molecule has 2 fully saturated rings. The van der Waals surface area contributed by atoms with E-state index in [1.807, 2.05) is 6.07 Å². The van der Waals surface area contributed by atoms with E-state index in [1.54, 1.807) is 96.0 Å². The van der Waals surface area contributed by atoms with Gasteiger partial charge in [-0.05, 0) is 54.6 Å². The van der Waals surface area contributed by atoms with Crippen molar-refractivity contribution in [3.63, 3.8) is 0 Å². The fourth-order valence-corrected chi connectivity index (χ4v) is 5.97. The standard InChI is InChI=1S/C30H20BrClN2O4/c31-20-8-12-22(13-9-20)34-29(37)24-23-16-19(27(35)17-4-2-1-3-5-17)14-15-33(23)26(25(24)30(34)38)28(36)18-6-10-21(32)11-7-18/h1-16,23-26H/t23-,24-,25-,26+/m0/s1. The highest BCUT2D eigenvalue weighted by atomic mass is 79.9. The summed E-state index contributed by atoms with van der Waals surface area (Å²) in [4.78, 5) is 57.7. The number of allylic oxidation sites excluding steroid dienone is 2. The van der Waals surface area contributed by atoms with Gasteiger partial charge in [-0.25, -0.2) is 4.90 Å².